The zero-order valence-corrected chi connectivity index (χ0v) is 9.80. The standard InChI is InChI=1S/C14H21/c1-5-11(3)13-9-7-8-10-14(13)12(4)6-2/h7,9-12H,5-6H2,1-4H3. The number of hydrogen-bond donors (Lipinski definition) is 0. The van der Waals surface area contributed by atoms with E-state index in [1.807, 2.05) is 6.07 Å². The first-order valence-electron chi connectivity index (χ1n) is 5.70. The third-order valence-electron chi connectivity index (χ3n) is 3.22. The van der Waals surface area contributed by atoms with Crippen LogP contribution in [0.25, 0.3) is 0 Å². The number of rotatable bonds is 4. The van der Waals surface area contributed by atoms with Crippen molar-refractivity contribution in [3.63, 3.8) is 0 Å². The van der Waals surface area contributed by atoms with E-state index in [4.69, 9.17) is 0 Å². The van der Waals surface area contributed by atoms with E-state index < -0.39 is 0 Å². The second kappa shape index (κ2) is 5.19. The summed E-state index contributed by atoms with van der Waals surface area (Å²) >= 11 is 0. The van der Waals surface area contributed by atoms with Crippen LogP contribution < -0.4 is 0 Å². The molecule has 0 amide bonds. The third-order valence-corrected chi connectivity index (χ3v) is 3.22. The fourth-order valence-corrected chi connectivity index (χ4v) is 1.77. The molecule has 0 nitrogen and oxygen atoms in total. The van der Waals surface area contributed by atoms with Gasteiger partial charge in [-0.2, -0.15) is 0 Å². The molecule has 0 saturated heterocycles. The van der Waals surface area contributed by atoms with Crippen LogP contribution in [0.15, 0.2) is 18.2 Å². The Morgan fingerprint density at radius 2 is 1.64 bits per heavy atom. The second-order valence-corrected chi connectivity index (χ2v) is 4.17. The van der Waals surface area contributed by atoms with E-state index in [0.717, 1.165) is 0 Å². The fourth-order valence-electron chi connectivity index (χ4n) is 1.77. The maximum absolute atomic E-state index is 3.20. The summed E-state index contributed by atoms with van der Waals surface area (Å²) in [7, 11) is 0. The normalized spacial score (nSPS) is 15.1. The lowest BCUT2D eigenvalue weighted by Gasteiger charge is -2.18. The summed E-state index contributed by atoms with van der Waals surface area (Å²) in [4.78, 5) is 0. The lowest BCUT2D eigenvalue weighted by Crippen LogP contribution is -2.01. The second-order valence-electron chi connectivity index (χ2n) is 4.17. The number of hydrogen-bond acceptors (Lipinski definition) is 0. The summed E-state index contributed by atoms with van der Waals surface area (Å²) in [6.45, 7) is 9.11. The molecule has 2 atom stereocenters. The molecule has 1 aromatic carbocycles. The van der Waals surface area contributed by atoms with Gasteiger partial charge in [-0.05, 0) is 41.9 Å². The van der Waals surface area contributed by atoms with E-state index >= 15 is 0 Å². The van der Waals surface area contributed by atoms with Gasteiger partial charge < -0.3 is 0 Å². The van der Waals surface area contributed by atoms with Crippen LogP contribution in [0.4, 0.5) is 0 Å². The molecule has 0 spiro atoms. The first-order valence-corrected chi connectivity index (χ1v) is 5.70. The SMILES string of the molecule is CCC(C)c1c[c]ccc1C(C)CC. The summed E-state index contributed by atoms with van der Waals surface area (Å²) in [5.74, 6) is 1.34. The van der Waals surface area contributed by atoms with Crippen molar-refractivity contribution >= 4 is 0 Å². The topological polar surface area (TPSA) is 0 Å². The molecule has 1 aromatic rings. The Balaban J connectivity index is 3.02. The van der Waals surface area contributed by atoms with Crippen molar-refractivity contribution in [1.82, 2.24) is 0 Å². The molecular formula is C14H21. The van der Waals surface area contributed by atoms with Gasteiger partial charge in [-0.3, -0.25) is 0 Å². The van der Waals surface area contributed by atoms with Crippen LogP contribution in [0.3, 0.4) is 0 Å². The first-order chi connectivity index (χ1) is 6.70. The molecule has 0 aliphatic heterocycles. The summed E-state index contributed by atoms with van der Waals surface area (Å²) < 4.78 is 0. The van der Waals surface area contributed by atoms with Crippen LogP contribution in [0.5, 0.6) is 0 Å². The summed E-state index contributed by atoms with van der Waals surface area (Å²) in [6.07, 6.45) is 2.43. The van der Waals surface area contributed by atoms with E-state index in [1.54, 1.807) is 0 Å². The average Bonchev–Trinajstić information content (AvgIpc) is 2.27. The highest BCUT2D eigenvalue weighted by atomic mass is 14.2. The van der Waals surface area contributed by atoms with E-state index in [9.17, 15) is 0 Å². The largest absolute Gasteiger partial charge is 0.0648 e. The van der Waals surface area contributed by atoms with Crippen LogP contribution in [0.2, 0.25) is 0 Å². The lowest BCUT2D eigenvalue weighted by molar-refractivity contribution is 0.676. The van der Waals surface area contributed by atoms with Gasteiger partial charge in [0.2, 0.25) is 0 Å². The molecule has 14 heavy (non-hydrogen) atoms. The van der Waals surface area contributed by atoms with Gasteiger partial charge in [0.05, 0.1) is 0 Å². The summed E-state index contributed by atoms with van der Waals surface area (Å²) in [5.41, 5.74) is 3.00. The zero-order chi connectivity index (χ0) is 10.6. The van der Waals surface area contributed by atoms with Crippen LogP contribution >= 0.6 is 0 Å². The van der Waals surface area contributed by atoms with Crippen molar-refractivity contribution in [1.29, 1.82) is 0 Å². The minimum absolute atomic E-state index is 0.663. The Hall–Kier alpha value is -0.780. The molecule has 0 aliphatic carbocycles. The molecule has 0 N–H and O–H groups in total. The fraction of sp³-hybridized carbons (Fsp3) is 0.571. The molecule has 0 heteroatoms. The Labute approximate surface area is 88.4 Å². The molecule has 77 valence electrons. The summed E-state index contributed by atoms with van der Waals surface area (Å²) in [6, 6.07) is 9.62. The van der Waals surface area contributed by atoms with Gasteiger partial charge in [0.1, 0.15) is 0 Å². The van der Waals surface area contributed by atoms with Crippen LogP contribution in [0, 0.1) is 6.07 Å². The molecule has 0 fully saturated rings. The Kier molecular flexibility index (Phi) is 4.19. The molecule has 1 rings (SSSR count). The van der Waals surface area contributed by atoms with Crippen molar-refractivity contribution in [2.75, 3.05) is 0 Å². The van der Waals surface area contributed by atoms with Gasteiger partial charge in [-0.1, -0.05) is 45.9 Å². The highest BCUT2D eigenvalue weighted by Gasteiger charge is 2.12. The van der Waals surface area contributed by atoms with Gasteiger partial charge in [0, 0.05) is 0 Å². The Morgan fingerprint density at radius 3 is 2.21 bits per heavy atom. The quantitative estimate of drug-likeness (QED) is 0.653. The highest BCUT2D eigenvalue weighted by Crippen LogP contribution is 2.29. The van der Waals surface area contributed by atoms with Crippen LogP contribution in [-0.2, 0) is 0 Å². The van der Waals surface area contributed by atoms with Gasteiger partial charge in [-0.25, -0.2) is 0 Å². The Bertz CT molecular complexity index is 246. The smallest absolute Gasteiger partial charge is 0.0181 e. The maximum atomic E-state index is 3.20. The first kappa shape index (κ1) is 11.3. The van der Waals surface area contributed by atoms with Crippen molar-refractivity contribution in [3.8, 4) is 0 Å². The van der Waals surface area contributed by atoms with Gasteiger partial charge in [-0.15, -0.1) is 0 Å². The number of benzene rings is 1. The van der Waals surface area contributed by atoms with Crippen LogP contribution in [0.1, 0.15) is 63.5 Å². The highest BCUT2D eigenvalue weighted by molar-refractivity contribution is 5.32. The Morgan fingerprint density at radius 1 is 1.07 bits per heavy atom. The maximum Gasteiger partial charge on any atom is -0.0181 e. The third kappa shape index (κ3) is 2.37. The molecule has 0 aromatic heterocycles. The van der Waals surface area contributed by atoms with Gasteiger partial charge in [0.15, 0.2) is 0 Å². The predicted octanol–water partition coefficient (Wildman–Crippen LogP) is 4.51. The lowest BCUT2D eigenvalue weighted by atomic mass is 9.87. The van der Waals surface area contributed by atoms with Crippen LogP contribution in [-0.4, -0.2) is 0 Å². The molecule has 0 saturated carbocycles. The molecule has 2 unspecified atom stereocenters. The minimum Gasteiger partial charge on any atom is -0.0648 e. The average molecular weight is 189 g/mol. The monoisotopic (exact) mass is 189 g/mol. The van der Waals surface area contributed by atoms with Crippen molar-refractivity contribution < 1.29 is 0 Å². The van der Waals surface area contributed by atoms with Crippen molar-refractivity contribution in [3.05, 3.63) is 35.4 Å². The van der Waals surface area contributed by atoms with Gasteiger partial charge in [0.25, 0.3) is 0 Å². The molecule has 0 heterocycles. The molecule has 1 radical (unpaired) electrons. The van der Waals surface area contributed by atoms with E-state index in [-0.39, 0.29) is 0 Å². The van der Waals surface area contributed by atoms with E-state index in [1.165, 1.54) is 24.0 Å². The van der Waals surface area contributed by atoms with Crippen molar-refractivity contribution in [2.24, 2.45) is 0 Å². The predicted molar refractivity (Wildman–Crippen MR) is 62.7 cm³/mol. The summed E-state index contributed by atoms with van der Waals surface area (Å²) in [5, 5.41) is 0. The minimum atomic E-state index is 0.663. The zero-order valence-electron chi connectivity index (χ0n) is 9.80. The molecular weight excluding hydrogens is 168 g/mol. The molecule has 0 bridgehead atoms. The van der Waals surface area contributed by atoms with E-state index in [2.05, 4.69) is 45.9 Å². The molecule has 0 aliphatic rings. The van der Waals surface area contributed by atoms with E-state index in [0.29, 0.717) is 11.8 Å². The van der Waals surface area contributed by atoms with Gasteiger partial charge >= 0.3 is 0 Å². The van der Waals surface area contributed by atoms with Crippen molar-refractivity contribution in [2.45, 2.75) is 52.4 Å².